The molecule has 0 N–H and O–H groups in total. The fourth-order valence-corrected chi connectivity index (χ4v) is 4.01. The Morgan fingerprint density at radius 2 is 1.93 bits per heavy atom. The molecule has 1 amide bonds. The second-order valence-electron chi connectivity index (χ2n) is 7.49. The van der Waals surface area contributed by atoms with Crippen LogP contribution in [0.15, 0.2) is 48.5 Å². The molecule has 1 aromatic heterocycles. The van der Waals surface area contributed by atoms with Crippen molar-refractivity contribution >= 4 is 16.9 Å². The van der Waals surface area contributed by atoms with Crippen LogP contribution in [-0.4, -0.2) is 34.0 Å². The Labute approximate surface area is 165 Å². The number of fused-ring (bicyclic) bond motifs is 1. The van der Waals surface area contributed by atoms with Crippen LogP contribution in [0.2, 0.25) is 0 Å². The molecule has 2 heterocycles. The van der Waals surface area contributed by atoms with Gasteiger partial charge in [-0.25, -0.2) is 4.98 Å². The molecular weight excluding hydrogens is 350 g/mol. The second kappa shape index (κ2) is 8.05. The predicted molar refractivity (Wildman–Crippen MR) is 110 cm³/mol. The number of carbonyl (C=O) groups is 1. The van der Waals surface area contributed by atoms with Crippen molar-refractivity contribution in [3.05, 3.63) is 59.9 Å². The average molecular weight is 377 g/mol. The summed E-state index contributed by atoms with van der Waals surface area (Å²) in [5.41, 5.74) is 3.32. The highest BCUT2D eigenvalue weighted by Crippen LogP contribution is 2.31. The number of methoxy groups -OCH3 is 1. The van der Waals surface area contributed by atoms with Crippen molar-refractivity contribution in [2.75, 3.05) is 13.7 Å². The number of rotatable bonds is 7. The third-order valence-corrected chi connectivity index (χ3v) is 5.53. The van der Waals surface area contributed by atoms with E-state index in [0.717, 1.165) is 48.6 Å². The molecule has 1 unspecified atom stereocenters. The minimum absolute atomic E-state index is 0.148. The molecule has 146 valence electrons. The van der Waals surface area contributed by atoms with Gasteiger partial charge in [-0.05, 0) is 36.2 Å². The van der Waals surface area contributed by atoms with Crippen LogP contribution in [-0.2, 0) is 17.9 Å². The van der Waals surface area contributed by atoms with E-state index in [9.17, 15) is 4.79 Å². The average Bonchev–Trinajstić information content (AvgIpc) is 3.27. The van der Waals surface area contributed by atoms with Gasteiger partial charge in [0.2, 0.25) is 5.91 Å². The van der Waals surface area contributed by atoms with Crippen LogP contribution in [0.1, 0.15) is 43.5 Å². The maximum absolute atomic E-state index is 12.7. The molecule has 0 radical (unpaired) electrons. The zero-order chi connectivity index (χ0) is 19.5. The van der Waals surface area contributed by atoms with Gasteiger partial charge in [0.25, 0.3) is 0 Å². The van der Waals surface area contributed by atoms with E-state index >= 15 is 0 Å². The first-order valence-corrected chi connectivity index (χ1v) is 10.1. The summed E-state index contributed by atoms with van der Waals surface area (Å²) in [4.78, 5) is 19.6. The van der Waals surface area contributed by atoms with Crippen LogP contribution in [0.4, 0.5) is 0 Å². The number of imidazole rings is 1. The molecule has 0 saturated carbocycles. The molecule has 1 fully saturated rings. The van der Waals surface area contributed by atoms with Crippen molar-refractivity contribution in [1.82, 2.24) is 14.5 Å². The number of likely N-dealkylation sites (tertiary alicyclic amines) is 1. The third kappa shape index (κ3) is 3.61. The fraction of sp³-hybridized carbons (Fsp3) is 0.391. The highest BCUT2D eigenvalue weighted by atomic mass is 16.5. The van der Waals surface area contributed by atoms with E-state index in [4.69, 9.17) is 9.72 Å². The Hall–Kier alpha value is -2.82. The lowest BCUT2D eigenvalue weighted by atomic mass is 10.1. The molecular formula is C23H27N3O2. The molecule has 2 aromatic carbocycles. The monoisotopic (exact) mass is 377 g/mol. The Morgan fingerprint density at radius 3 is 2.68 bits per heavy atom. The number of aromatic nitrogens is 2. The maximum Gasteiger partial charge on any atom is 0.223 e. The normalized spacial score (nSPS) is 16.9. The van der Waals surface area contributed by atoms with Gasteiger partial charge in [-0.1, -0.05) is 37.6 Å². The number of nitrogens with zero attached hydrogens (tertiary/aromatic N) is 3. The first-order chi connectivity index (χ1) is 13.7. The van der Waals surface area contributed by atoms with E-state index in [1.54, 1.807) is 7.11 Å². The molecule has 0 bridgehead atoms. The lowest BCUT2D eigenvalue weighted by Gasteiger charge is -2.17. The number of benzene rings is 2. The van der Waals surface area contributed by atoms with Gasteiger partial charge in [-0.2, -0.15) is 0 Å². The molecule has 0 spiro atoms. The summed E-state index contributed by atoms with van der Waals surface area (Å²) in [5.74, 6) is 2.24. The number of aryl methyl sites for hydroxylation is 1. The Kier molecular flexibility index (Phi) is 5.33. The Morgan fingerprint density at radius 1 is 1.14 bits per heavy atom. The number of amides is 1. The van der Waals surface area contributed by atoms with Gasteiger partial charge in [0.05, 0.1) is 18.1 Å². The minimum Gasteiger partial charge on any atom is -0.497 e. The zero-order valence-corrected chi connectivity index (χ0v) is 16.6. The largest absolute Gasteiger partial charge is 0.497 e. The maximum atomic E-state index is 12.7. The number of unbranched alkanes of at least 4 members (excludes halogenated alkanes) is 1. The first kappa shape index (κ1) is 18.5. The van der Waals surface area contributed by atoms with E-state index in [2.05, 4.69) is 29.7 Å². The van der Waals surface area contributed by atoms with Gasteiger partial charge in [-0.3, -0.25) is 4.79 Å². The van der Waals surface area contributed by atoms with E-state index < -0.39 is 0 Å². The number of carbonyl (C=O) groups excluding carboxylic acids is 1. The van der Waals surface area contributed by atoms with Crippen LogP contribution in [0, 0.1) is 0 Å². The van der Waals surface area contributed by atoms with E-state index in [1.165, 1.54) is 5.52 Å². The van der Waals surface area contributed by atoms with Crippen molar-refractivity contribution < 1.29 is 9.53 Å². The lowest BCUT2D eigenvalue weighted by molar-refractivity contribution is -0.128. The standard InChI is InChI=1S/C23H27N3O2/c1-3-4-13-26-21-8-6-5-7-20(21)24-23(26)18-14-22(27)25(16-18)15-17-9-11-19(28-2)12-10-17/h5-12,18H,3-4,13-16H2,1-2H3. The van der Waals surface area contributed by atoms with Gasteiger partial charge < -0.3 is 14.2 Å². The summed E-state index contributed by atoms with van der Waals surface area (Å²) < 4.78 is 7.54. The van der Waals surface area contributed by atoms with Crippen molar-refractivity contribution in [1.29, 1.82) is 0 Å². The number of hydrogen-bond acceptors (Lipinski definition) is 3. The molecule has 28 heavy (non-hydrogen) atoms. The first-order valence-electron chi connectivity index (χ1n) is 10.1. The van der Waals surface area contributed by atoms with Crippen LogP contribution in [0.3, 0.4) is 0 Å². The summed E-state index contributed by atoms with van der Waals surface area (Å²) in [6, 6.07) is 16.2. The summed E-state index contributed by atoms with van der Waals surface area (Å²) in [5, 5.41) is 0. The molecule has 0 aliphatic carbocycles. The van der Waals surface area contributed by atoms with Crippen molar-refractivity contribution in [2.45, 2.75) is 45.2 Å². The van der Waals surface area contributed by atoms with E-state index in [1.807, 2.05) is 35.2 Å². The third-order valence-electron chi connectivity index (χ3n) is 5.53. The summed E-state index contributed by atoms with van der Waals surface area (Å²) in [7, 11) is 1.66. The van der Waals surface area contributed by atoms with Crippen LogP contribution < -0.4 is 4.74 Å². The Bertz CT molecular complexity index is 962. The number of hydrogen-bond donors (Lipinski definition) is 0. The van der Waals surface area contributed by atoms with Gasteiger partial charge in [0, 0.05) is 32.0 Å². The molecule has 1 saturated heterocycles. The van der Waals surface area contributed by atoms with Crippen molar-refractivity contribution in [3.63, 3.8) is 0 Å². The van der Waals surface area contributed by atoms with E-state index in [0.29, 0.717) is 13.0 Å². The summed E-state index contributed by atoms with van der Waals surface area (Å²) >= 11 is 0. The summed E-state index contributed by atoms with van der Waals surface area (Å²) in [6.45, 7) is 4.51. The Balaban J connectivity index is 1.56. The fourth-order valence-electron chi connectivity index (χ4n) is 4.01. The number of para-hydroxylation sites is 2. The smallest absolute Gasteiger partial charge is 0.223 e. The molecule has 3 aromatic rings. The van der Waals surface area contributed by atoms with Crippen molar-refractivity contribution in [3.8, 4) is 5.75 Å². The molecule has 1 aliphatic heterocycles. The quantitative estimate of drug-likeness (QED) is 0.615. The highest BCUT2D eigenvalue weighted by Gasteiger charge is 2.33. The number of ether oxygens (including phenoxy) is 1. The van der Waals surface area contributed by atoms with E-state index in [-0.39, 0.29) is 11.8 Å². The lowest BCUT2D eigenvalue weighted by Crippen LogP contribution is -2.24. The molecule has 4 rings (SSSR count). The molecule has 5 heteroatoms. The van der Waals surface area contributed by atoms with Gasteiger partial charge in [-0.15, -0.1) is 0 Å². The minimum atomic E-state index is 0.148. The van der Waals surface area contributed by atoms with Crippen LogP contribution in [0.5, 0.6) is 5.75 Å². The van der Waals surface area contributed by atoms with Gasteiger partial charge >= 0.3 is 0 Å². The van der Waals surface area contributed by atoms with Crippen molar-refractivity contribution in [2.24, 2.45) is 0 Å². The van der Waals surface area contributed by atoms with Gasteiger partial charge in [0.15, 0.2) is 0 Å². The SMILES string of the molecule is CCCCn1c(C2CC(=O)N(Cc3ccc(OC)cc3)C2)nc2ccccc21. The molecule has 1 atom stereocenters. The second-order valence-corrected chi connectivity index (χ2v) is 7.49. The van der Waals surface area contributed by atoms with Crippen LogP contribution >= 0.6 is 0 Å². The zero-order valence-electron chi connectivity index (χ0n) is 16.6. The summed E-state index contributed by atoms with van der Waals surface area (Å²) in [6.07, 6.45) is 2.79. The topological polar surface area (TPSA) is 47.4 Å². The predicted octanol–water partition coefficient (Wildman–Crippen LogP) is 4.36. The van der Waals surface area contributed by atoms with Crippen LogP contribution in [0.25, 0.3) is 11.0 Å². The highest BCUT2D eigenvalue weighted by molar-refractivity contribution is 5.81. The molecule has 1 aliphatic rings. The van der Waals surface area contributed by atoms with Gasteiger partial charge in [0.1, 0.15) is 11.6 Å². The molecule has 5 nitrogen and oxygen atoms in total.